The molecule has 0 saturated heterocycles. The molecule has 1 amide bonds. The van der Waals surface area contributed by atoms with Gasteiger partial charge in [0.15, 0.2) is 5.16 Å². The minimum absolute atomic E-state index is 0.0332. The van der Waals surface area contributed by atoms with Gasteiger partial charge in [0.05, 0.1) is 24.3 Å². The van der Waals surface area contributed by atoms with Crippen LogP contribution in [0.15, 0.2) is 35.6 Å². The number of hydrogen-bond donors (Lipinski definition) is 2. The third-order valence-corrected chi connectivity index (χ3v) is 4.19. The molecule has 1 aromatic carbocycles. The second-order valence-electron chi connectivity index (χ2n) is 4.80. The quantitative estimate of drug-likeness (QED) is 0.796. The van der Waals surface area contributed by atoms with E-state index in [4.69, 9.17) is 5.11 Å². The molecule has 0 bridgehead atoms. The van der Waals surface area contributed by atoms with E-state index in [0.717, 1.165) is 16.4 Å². The topological polar surface area (TPSA) is 67.2 Å². The Hall–Kier alpha value is -1.79. The van der Waals surface area contributed by atoms with Crippen molar-refractivity contribution in [3.05, 3.63) is 47.3 Å². The molecule has 6 heteroatoms. The van der Waals surface area contributed by atoms with Crippen LogP contribution in [0.25, 0.3) is 0 Å². The van der Waals surface area contributed by atoms with Gasteiger partial charge in [-0.2, -0.15) is 0 Å². The number of carbonyl (C=O) groups is 1. The highest BCUT2D eigenvalue weighted by Crippen LogP contribution is 2.16. The lowest BCUT2D eigenvalue weighted by Crippen LogP contribution is -2.24. The first-order valence-corrected chi connectivity index (χ1v) is 7.65. The lowest BCUT2D eigenvalue weighted by molar-refractivity contribution is -0.118. The molecule has 112 valence electrons. The molecule has 2 N–H and O–H groups in total. The first-order valence-electron chi connectivity index (χ1n) is 6.66. The molecule has 1 heterocycles. The summed E-state index contributed by atoms with van der Waals surface area (Å²) in [4.78, 5) is 16.0. The summed E-state index contributed by atoms with van der Waals surface area (Å²) in [6.07, 6.45) is 1.62. The van der Waals surface area contributed by atoms with Gasteiger partial charge in [0, 0.05) is 13.6 Å². The van der Waals surface area contributed by atoms with Gasteiger partial charge in [-0.05, 0) is 12.5 Å². The molecular weight excluding hydrogens is 286 g/mol. The van der Waals surface area contributed by atoms with E-state index in [-0.39, 0.29) is 12.5 Å². The summed E-state index contributed by atoms with van der Waals surface area (Å²) in [6.45, 7) is 2.51. The van der Waals surface area contributed by atoms with Gasteiger partial charge < -0.3 is 15.0 Å². The van der Waals surface area contributed by atoms with Crippen molar-refractivity contribution in [2.45, 2.75) is 25.2 Å². The van der Waals surface area contributed by atoms with Gasteiger partial charge in [-0.25, -0.2) is 4.98 Å². The van der Waals surface area contributed by atoms with E-state index >= 15 is 0 Å². The second kappa shape index (κ2) is 7.28. The summed E-state index contributed by atoms with van der Waals surface area (Å²) in [5.74, 6) is 0.274. The van der Waals surface area contributed by atoms with Gasteiger partial charge in [0.2, 0.25) is 5.91 Å². The summed E-state index contributed by atoms with van der Waals surface area (Å²) in [5.41, 5.74) is 3.02. The van der Waals surface area contributed by atoms with Crippen molar-refractivity contribution < 1.29 is 9.90 Å². The van der Waals surface area contributed by atoms with E-state index < -0.39 is 0 Å². The van der Waals surface area contributed by atoms with E-state index in [1.807, 2.05) is 38.2 Å². The first-order chi connectivity index (χ1) is 10.1. The van der Waals surface area contributed by atoms with Crippen molar-refractivity contribution in [1.29, 1.82) is 0 Å². The first kappa shape index (κ1) is 15.6. The number of rotatable bonds is 6. The predicted molar refractivity (Wildman–Crippen MR) is 82.9 cm³/mol. The van der Waals surface area contributed by atoms with Crippen LogP contribution in [0.2, 0.25) is 0 Å². The summed E-state index contributed by atoms with van der Waals surface area (Å²) in [5, 5.41) is 12.7. The van der Waals surface area contributed by atoms with Crippen LogP contribution < -0.4 is 5.32 Å². The van der Waals surface area contributed by atoms with Crippen LogP contribution in [0.5, 0.6) is 0 Å². The fourth-order valence-corrected chi connectivity index (χ4v) is 2.59. The molecule has 0 aliphatic heterocycles. The van der Waals surface area contributed by atoms with Crippen molar-refractivity contribution in [2.24, 2.45) is 7.05 Å². The average Bonchev–Trinajstić information content (AvgIpc) is 2.85. The zero-order chi connectivity index (χ0) is 15.2. The normalized spacial score (nSPS) is 10.6. The van der Waals surface area contributed by atoms with E-state index in [9.17, 15) is 4.79 Å². The van der Waals surface area contributed by atoms with E-state index in [1.54, 1.807) is 10.8 Å². The minimum atomic E-state index is -0.0519. The summed E-state index contributed by atoms with van der Waals surface area (Å²) < 4.78 is 1.79. The molecule has 2 rings (SSSR count). The van der Waals surface area contributed by atoms with E-state index in [2.05, 4.69) is 10.3 Å². The summed E-state index contributed by atoms with van der Waals surface area (Å²) in [6, 6.07) is 8.07. The number of carbonyl (C=O) groups excluding carboxylic acids is 1. The standard InChI is InChI=1S/C15H19N3O2S/c1-11-3-5-12(6-4-11)7-16-14(20)10-21-15-17-8-13(9-19)18(15)2/h3-6,8,19H,7,9-10H2,1-2H3,(H,16,20). The molecule has 0 unspecified atom stereocenters. The summed E-state index contributed by atoms with van der Waals surface area (Å²) in [7, 11) is 1.82. The Balaban J connectivity index is 1.79. The maximum Gasteiger partial charge on any atom is 0.230 e. The Kier molecular flexibility index (Phi) is 5.41. The fourth-order valence-electron chi connectivity index (χ4n) is 1.79. The smallest absolute Gasteiger partial charge is 0.230 e. The van der Waals surface area contributed by atoms with Gasteiger partial charge in [0.1, 0.15) is 0 Å². The third kappa shape index (κ3) is 4.34. The molecule has 0 saturated carbocycles. The number of aliphatic hydroxyl groups excluding tert-OH is 1. The van der Waals surface area contributed by atoms with Crippen LogP contribution in [-0.2, 0) is 25.0 Å². The van der Waals surface area contributed by atoms with Gasteiger partial charge in [-0.1, -0.05) is 41.6 Å². The zero-order valence-corrected chi connectivity index (χ0v) is 13.0. The Morgan fingerprint density at radius 1 is 1.38 bits per heavy atom. The number of aromatic nitrogens is 2. The average molecular weight is 305 g/mol. The van der Waals surface area contributed by atoms with Gasteiger partial charge in [-0.15, -0.1) is 0 Å². The molecule has 0 spiro atoms. The Morgan fingerprint density at radius 2 is 2.10 bits per heavy atom. The van der Waals surface area contributed by atoms with Crippen LogP contribution in [0.4, 0.5) is 0 Å². The molecule has 0 radical (unpaired) electrons. The number of aryl methyl sites for hydroxylation is 1. The molecule has 1 aromatic heterocycles. The maximum absolute atomic E-state index is 11.8. The highest BCUT2D eigenvalue weighted by Gasteiger charge is 2.09. The molecular formula is C15H19N3O2S. The number of hydrogen-bond acceptors (Lipinski definition) is 4. The van der Waals surface area contributed by atoms with Crippen molar-refractivity contribution >= 4 is 17.7 Å². The fraction of sp³-hybridized carbons (Fsp3) is 0.333. The third-order valence-electron chi connectivity index (χ3n) is 3.15. The SMILES string of the molecule is Cc1ccc(CNC(=O)CSc2ncc(CO)n2C)cc1. The molecule has 0 atom stereocenters. The van der Waals surface area contributed by atoms with Crippen molar-refractivity contribution in [2.75, 3.05) is 5.75 Å². The van der Waals surface area contributed by atoms with Crippen LogP contribution in [0.3, 0.4) is 0 Å². The number of aliphatic hydroxyl groups is 1. The number of benzene rings is 1. The number of nitrogens with zero attached hydrogens (tertiary/aromatic N) is 2. The van der Waals surface area contributed by atoms with E-state index in [1.165, 1.54) is 17.3 Å². The van der Waals surface area contributed by atoms with Gasteiger partial charge >= 0.3 is 0 Å². The molecule has 0 fully saturated rings. The van der Waals surface area contributed by atoms with Crippen molar-refractivity contribution in [3.63, 3.8) is 0 Å². The van der Waals surface area contributed by atoms with Crippen LogP contribution in [0.1, 0.15) is 16.8 Å². The molecule has 0 aliphatic rings. The van der Waals surface area contributed by atoms with Crippen molar-refractivity contribution in [1.82, 2.24) is 14.9 Å². The molecule has 2 aromatic rings. The lowest BCUT2D eigenvalue weighted by Gasteiger charge is -2.06. The van der Waals surface area contributed by atoms with Crippen LogP contribution in [0, 0.1) is 6.92 Å². The largest absolute Gasteiger partial charge is 0.390 e. The van der Waals surface area contributed by atoms with Crippen LogP contribution in [-0.4, -0.2) is 26.3 Å². The maximum atomic E-state index is 11.8. The van der Waals surface area contributed by atoms with E-state index in [0.29, 0.717) is 12.3 Å². The molecule has 5 nitrogen and oxygen atoms in total. The minimum Gasteiger partial charge on any atom is -0.390 e. The van der Waals surface area contributed by atoms with Gasteiger partial charge in [0.25, 0.3) is 0 Å². The molecule has 0 aliphatic carbocycles. The highest BCUT2D eigenvalue weighted by molar-refractivity contribution is 7.99. The Bertz CT molecular complexity index is 608. The zero-order valence-electron chi connectivity index (χ0n) is 12.2. The lowest BCUT2D eigenvalue weighted by atomic mass is 10.1. The number of thioether (sulfide) groups is 1. The summed E-state index contributed by atoms with van der Waals surface area (Å²) >= 11 is 1.36. The van der Waals surface area contributed by atoms with Crippen molar-refractivity contribution in [3.8, 4) is 0 Å². The predicted octanol–water partition coefficient (Wildman–Crippen LogP) is 1.63. The molecule has 21 heavy (non-hydrogen) atoms. The Labute approximate surface area is 128 Å². The Morgan fingerprint density at radius 3 is 2.71 bits per heavy atom. The number of nitrogens with one attached hydrogen (secondary N) is 1. The second-order valence-corrected chi connectivity index (χ2v) is 5.74. The number of amides is 1. The van der Waals surface area contributed by atoms with Gasteiger partial charge in [-0.3, -0.25) is 4.79 Å². The monoisotopic (exact) mass is 305 g/mol. The van der Waals surface area contributed by atoms with Crippen LogP contribution >= 0.6 is 11.8 Å². The number of imidazole rings is 1. The highest BCUT2D eigenvalue weighted by atomic mass is 32.2.